The van der Waals surface area contributed by atoms with Crippen molar-refractivity contribution in [2.24, 2.45) is 5.73 Å². The predicted octanol–water partition coefficient (Wildman–Crippen LogP) is 1.80. The lowest BCUT2D eigenvalue weighted by molar-refractivity contribution is -0.385. The Morgan fingerprint density at radius 3 is 2.40 bits per heavy atom. The van der Waals surface area contributed by atoms with Crippen molar-refractivity contribution in [1.82, 2.24) is 4.57 Å². The van der Waals surface area contributed by atoms with Gasteiger partial charge < -0.3 is 11.1 Å². The third-order valence-corrected chi connectivity index (χ3v) is 3.72. The maximum absolute atomic E-state index is 12.1. The van der Waals surface area contributed by atoms with Gasteiger partial charge in [-0.2, -0.15) is 0 Å². The molecule has 0 saturated carbocycles. The lowest BCUT2D eigenvalue weighted by Crippen LogP contribution is -2.33. The van der Waals surface area contributed by atoms with Crippen LogP contribution in [0, 0.1) is 10.1 Å². The number of aromatic nitrogens is 1. The van der Waals surface area contributed by atoms with Crippen molar-refractivity contribution < 1.29 is 14.5 Å². The molecule has 25 heavy (non-hydrogen) atoms. The molecule has 0 aliphatic heterocycles. The number of amides is 2. The van der Waals surface area contributed by atoms with Crippen LogP contribution in [0.15, 0.2) is 35.3 Å². The van der Waals surface area contributed by atoms with E-state index in [2.05, 4.69) is 5.32 Å². The van der Waals surface area contributed by atoms with Crippen LogP contribution in [0.3, 0.4) is 0 Å². The molecule has 1 aromatic heterocycles. The highest BCUT2D eigenvalue weighted by Gasteiger charge is 2.19. The average Bonchev–Trinajstić information content (AvgIpc) is 2.52. The van der Waals surface area contributed by atoms with E-state index in [1.54, 1.807) is 6.07 Å². The van der Waals surface area contributed by atoms with Crippen molar-refractivity contribution in [1.29, 1.82) is 0 Å². The Bertz CT molecular complexity index is 921. The molecule has 0 spiro atoms. The monoisotopic (exact) mass is 384 g/mol. The molecule has 130 valence electrons. The zero-order valence-electron chi connectivity index (χ0n) is 12.4. The van der Waals surface area contributed by atoms with Crippen molar-refractivity contribution in [2.45, 2.75) is 6.54 Å². The first-order valence-electron chi connectivity index (χ1n) is 6.63. The van der Waals surface area contributed by atoms with Gasteiger partial charge in [0.25, 0.3) is 17.2 Å². The second kappa shape index (κ2) is 7.32. The number of nitro groups is 1. The minimum absolute atomic E-state index is 0.129. The summed E-state index contributed by atoms with van der Waals surface area (Å²) in [5.41, 5.74) is 3.08. The summed E-state index contributed by atoms with van der Waals surface area (Å²) in [6.45, 7) is -0.609. The molecule has 0 aliphatic carbocycles. The number of hydrogen-bond donors (Lipinski definition) is 2. The van der Waals surface area contributed by atoms with Gasteiger partial charge >= 0.3 is 0 Å². The van der Waals surface area contributed by atoms with Crippen LogP contribution < -0.4 is 16.6 Å². The van der Waals surface area contributed by atoms with Crippen LogP contribution in [-0.4, -0.2) is 21.3 Å². The van der Waals surface area contributed by atoms with Crippen molar-refractivity contribution in [3.05, 3.63) is 66.5 Å². The second-order valence-electron chi connectivity index (χ2n) is 4.81. The summed E-state index contributed by atoms with van der Waals surface area (Å²) in [7, 11) is 0. The molecule has 1 aromatic carbocycles. The van der Waals surface area contributed by atoms with Crippen molar-refractivity contribution in [3.8, 4) is 0 Å². The largest absolute Gasteiger partial charge is 0.365 e. The van der Waals surface area contributed by atoms with E-state index in [4.69, 9.17) is 28.9 Å². The van der Waals surface area contributed by atoms with Crippen molar-refractivity contribution in [2.75, 3.05) is 5.32 Å². The normalized spacial score (nSPS) is 10.3. The number of rotatable bonds is 5. The number of anilines is 1. The fourth-order valence-corrected chi connectivity index (χ4v) is 2.46. The number of carbonyl (C=O) groups is 2. The zero-order valence-corrected chi connectivity index (χ0v) is 13.9. The molecule has 2 aromatic rings. The Morgan fingerprint density at radius 2 is 1.88 bits per heavy atom. The van der Waals surface area contributed by atoms with Gasteiger partial charge in [0.1, 0.15) is 12.1 Å². The fraction of sp³-hybridized carbons (Fsp3) is 0.0714. The number of halogens is 2. The smallest absolute Gasteiger partial charge is 0.286 e. The number of primary amides is 1. The summed E-state index contributed by atoms with van der Waals surface area (Å²) in [6, 6.07) is 5.32. The number of pyridine rings is 1. The van der Waals surface area contributed by atoms with E-state index in [9.17, 15) is 24.5 Å². The number of hydrogen-bond acceptors (Lipinski definition) is 5. The van der Waals surface area contributed by atoms with Gasteiger partial charge in [-0.05, 0) is 12.1 Å². The average molecular weight is 385 g/mol. The maximum Gasteiger partial charge on any atom is 0.286 e. The maximum atomic E-state index is 12.1. The lowest BCUT2D eigenvalue weighted by atomic mass is 10.2. The third kappa shape index (κ3) is 4.14. The number of para-hydroxylation sites is 1. The Kier molecular flexibility index (Phi) is 5.40. The van der Waals surface area contributed by atoms with Crippen LogP contribution in [0.25, 0.3) is 0 Å². The molecule has 9 nitrogen and oxygen atoms in total. The first-order chi connectivity index (χ1) is 11.7. The molecule has 0 radical (unpaired) electrons. The highest BCUT2D eigenvalue weighted by molar-refractivity contribution is 6.39. The highest BCUT2D eigenvalue weighted by atomic mass is 35.5. The minimum atomic E-state index is -1.14. The minimum Gasteiger partial charge on any atom is -0.365 e. The summed E-state index contributed by atoms with van der Waals surface area (Å²) in [4.78, 5) is 45.6. The standard InChI is InChI=1S/C14H10Cl2N4O5/c15-9-2-1-3-10(16)12(9)18-11(21)6-19-5-7(20(24)25)4-8(13(17)22)14(19)23/h1-5H,6H2,(H2,17,22)(H,18,21). The van der Waals surface area contributed by atoms with Gasteiger partial charge in [-0.15, -0.1) is 0 Å². The summed E-state index contributed by atoms with van der Waals surface area (Å²) in [5, 5.41) is 13.7. The fourth-order valence-electron chi connectivity index (χ4n) is 1.96. The van der Waals surface area contributed by atoms with Crippen LogP contribution >= 0.6 is 23.2 Å². The SMILES string of the molecule is NC(=O)c1cc([N+](=O)[O-])cn(CC(=O)Nc2c(Cl)cccc2Cl)c1=O. The van der Waals surface area contributed by atoms with Crippen LogP contribution in [0.4, 0.5) is 11.4 Å². The molecule has 0 atom stereocenters. The molecule has 1 heterocycles. The van der Waals surface area contributed by atoms with Gasteiger partial charge in [0, 0.05) is 6.07 Å². The number of nitrogens with two attached hydrogens (primary N) is 1. The number of nitrogens with one attached hydrogen (secondary N) is 1. The van der Waals surface area contributed by atoms with Gasteiger partial charge in [0.15, 0.2) is 0 Å². The Balaban J connectivity index is 2.36. The van der Waals surface area contributed by atoms with Crippen LogP contribution in [0.1, 0.15) is 10.4 Å². The quantitative estimate of drug-likeness (QED) is 0.597. The molecule has 0 saturated heterocycles. The molecular weight excluding hydrogens is 375 g/mol. The van der Waals surface area contributed by atoms with Gasteiger partial charge in [0.05, 0.1) is 26.9 Å². The van der Waals surface area contributed by atoms with E-state index < -0.39 is 40.1 Å². The van der Waals surface area contributed by atoms with Gasteiger partial charge in [-0.3, -0.25) is 29.1 Å². The third-order valence-electron chi connectivity index (χ3n) is 3.09. The number of nitrogens with zero attached hydrogens (tertiary/aromatic N) is 2. The number of benzene rings is 1. The predicted molar refractivity (Wildman–Crippen MR) is 91.0 cm³/mol. The summed E-state index contributed by atoms with van der Waals surface area (Å²) in [6.07, 6.45) is 0.836. The molecule has 3 N–H and O–H groups in total. The topological polar surface area (TPSA) is 137 Å². The summed E-state index contributed by atoms with van der Waals surface area (Å²) in [5.74, 6) is -1.87. The zero-order chi connectivity index (χ0) is 18.7. The Hall–Kier alpha value is -2.91. The molecule has 0 aliphatic rings. The van der Waals surface area contributed by atoms with E-state index in [1.807, 2.05) is 0 Å². The summed E-state index contributed by atoms with van der Waals surface area (Å²) >= 11 is 11.8. The molecule has 0 fully saturated rings. The second-order valence-corrected chi connectivity index (χ2v) is 5.63. The van der Waals surface area contributed by atoms with Crippen molar-refractivity contribution in [3.63, 3.8) is 0 Å². The van der Waals surface area contributed by atoms with E-state index in [-0.39, 0.29) is 15.7 Å². The van der Waals surface area contributed by atoms with E-state index in [1.165, 1.54) is 12.1 Å². The van der Waals surface area contributed by atoms with E-state index >= 15 is 0 Å². The Morgan fingerprint density at radius 1 is 1.28 bits per heavy atom. The van der Waals surface area contributed by atoms with Crippen molar-refractivity contribution >= 4 is 46.4 Å². The van der Waals surface area contributed by atoms with E-state index in [0.29, 0.717) is 4.57 Å². The lowest BCUT2D eigenvalue weighted by Gasteiger charge is -2.10. The molecule has 0 unspecified atom stereocenters. The molecule has 2 rings (SSSR count). The number of carbonyl (C=O) groups excluding carboxylic acids is 2. The van der Waals surface area contributed by atoms with Gasteiger partial charge in [0.2, 0.25) is 5.91 Å². The molecule has 2 amide bonds. The van der Waals surface area contributed by atoms with Crippen LogP contribution in [0.2, 0.25) is 10.0 Å². The van der Waals surface area contributed by atoms with Gasteiger partial charge in [-0.25, -0.2) is 0 Å². The first kappa shape index (κ1) is 18.4. The molecular formula is C14H10Cl2N4O5. The molecule has 11 heteroatoms. The van der Waals surface area contributed by atoms with Crippen LogP contribution in [-0.2, 0) is 11.3 Å². The summed E-state index contributed by atoms with van der Waals surface area (Å²) < 4.78 is 0.707. The first-order valence-corrected chi connectivity index (χ1v) is 7.39. The Labute approximate surface area is 150 Å². The molecule has 0 bridgehead atoms. The van der Waals surface area contributed by atoms with Crippen LogP contribution in [0.5, 0.6) is 0 Å². The highest BCUT2D eigenvalue weighted by Crippen LogP contribution is 2.29. The van der Waals surface area contributed by atoms with Gasteiger partial charge in [-0.1, -0.05) is 29.3 Å². The van der Waals surface area contributed by atoms with E-state index in [0.717, 1.165) is 12.3 Å².